The molecule has 3 rings (SSSR count). The average molecular weight is 435 g/mol. The number of hydrogen-bond acceptors (Lipinski definition) is 3. The van der Waals surface area contributed by atoms with Crippen LogP contribution in [0.4, 0.5) is 13.2 Å². The minimum atomic E-state index is -0.788. The van der Waals surface area contributed by atoms with Gasteiger partial charge in [-0.1, -0.05) is 38.2 Å². The van der Waals surface area contributed by atoms with Crippen molar-refractivity contribution in [1.82, 2.24) is 10.2 Å². The Balaban J connectivity index is 1.30. The molecule has 1 N–H and O–H groups in total. The molecule has 1 fully saturated rings. The van der Waals surface area contributed by atoms with Gasteiger partial charge in [-0.25, -0.2) is 13.2 Å². The summed E-state index contributed by atoms with van der Waals surface area (Å²) < 4.78 is 47.8. The maximum absolute atomic E-state index is 14.1. The van der Waals surface area contributed by atoms with Crippen LogP contribution in [-0.4, -0.2) is 44.2 Å². The molecule has 0 aliphatic carbocycles. The zero-order valence-corrected chi connectivity index (χ0v) is 18.1. The van der Waals surface area contributed by atoms with Crippen molar-refractivity contribution in [2.75, 3.05) is 39.3 Å². The van der Waals surface area contributed by atoms with Gasteiger partial charge in [-0.05, 0) is 49.7 Å². The van der Waals surface area contributed by atoms with Crippen molar-refractivity contribution < 1.29 is 17.9 Å². The molecule has 1 aliphatic rings. The van der Waals surface area contributed by atoms with E-state index in [1.54, 1.807) is 0 Å². The van der Waals surface area contributed by atoms with E-state index in [4.69, 9.17) is 4.74 Å². The summed E-state index contributed by atoms with van der Waals surface area (Å²) in [6.45, 7) is 6.29. The van der Waals surface area contributed by atoms with Crippen LogP contribution in [0.3, 0.4) is 0 Å². The van der Waals surface area contributed by atoms with Crippen molar-refractivity contribution in [3.63, 3.8) is 0 Å². The Morgan fingerprint density at radius 2 is 1.42 bits per heavy atom. The van der Waals surface area contributed by atoms with Gasteiger partial charge in [0.25, 0.3) is 0 Å². The smallest absolute Gasteiger partial charge is 0.134 e. The molecule has 0 radical (unpaired) electrons. The largest absolute Gasteiger partial charge is 0.494 e. The quantitative estimate of drug-likeness (QED) is 0.428. The molecule has 0 unspecified atom stereocenters. The fourth-order valence-corrected chi connectivity index (χ4v) is 3.99. The van der Waals surface area contributed by atoms with Gasteiger partial charge < -0.3 is 15.0 Å². The topological polar surface area (TPSA) is 24.5 Å². The summed E-state index contributed by atoms with van der Waals surface area (Å²) in [7, 11) is 0. The SMILES string of the molecule is Fc1ccc(OCCCCCCCCCN2CCNCC2)cc1-c1c(F)cccc1F. The van der Waals surface area contributed by atoms with Gasteiger partial charge in [0.05, 0.1) is 12.2 Å². The van der Waals surface area contributed by atoms with E-state index in [2.05, 4.69) is 10.2 Å². The Labute approximate surface area is 183 Å². The van der Waals surface area contributed by atoms with Crippen LogP contribution < -0.4 is 10.1 Å². The van der Waals surface area contributed by atoms with E-state index in [0.717, 1.165) is 38.1 Å². The summed E-state index contributed by atoms with van der Waals surface area (Å²) in [6, 6.07) is 7.56. The van der Waals surface area contributed by atoms with Crippen LogP contribution in [0.25, 0.3) is 11.1 Å². The van der Waals surface area contributed by atoms with Gasteiger partial charge in [0.2, 0.25) is 0 Å². The molecule has 31 heavy (non-hydrogen) atoms. The van der Waals surface area contributed by atoms with E-state index in [9.17, 15) is 13.2 Å². The fraction of sp³-hybridized carbons (Fsp3) is 0.520. The van der Waals surface area contributed by atoms with Crippen LogP contribution in [0.1, 0.15) is 44.9 Å². The molecule has 1 aliphatic heterocycles. The lowest BCUT2D eigenvalue weighted by Gasteiger charge is -2.27. The molecule has 0 aromatic heterocycles. The zero-order valence-electron chi connectivity index (χ0n) is 18.1. The first-order valence-electron chi connectivity index (χ1n) is 11.4. The van der Waals surface area contributed by atoms with E-state index in [-0.39, 0.29) is 11.1 Å². The average Bonchev–Trinajstić information content (AvgIpc) is 2.77. The van der Waals surface area contributed by atoms with Crippen molar-refractivity contribution in [2.45, 2.75) is 44.9 Å². The second-order valence-electron chi connectivity index (χ2n) is 8.15. The number of nitrogens with one attached hydrogen (secondary N) is 1. The first-order valence-corrected chi connectivity index (χ1v) is 11.4. The van der Waals surface area contributed by atoms with Gasteiger partial charge in [0.15, 0.2) is 0 Å². The Hall–Kier alpha value is -2.05. The fourth-order valence-electron chi connectivity index (χ4n) is 3.99. The lowest BCUT2D eigenvalue weighted by Crippen LogP contribution is -2.43. The predicted octanol–water partition coefficient (Wildman–Crippen LogP) is 5.79. The molecule has 0 atom stereocenters. The second kappa shape index (κ2) is 12.7. The third-order valence-corrected chi connectivity index (χ3v) is 5.77. The maximum atomic E-state index is 14.1. The number of nitrogens with zero attached hydrogens (tertiary/aromatic N) is 1. The number of rotatable bonds is 12. The highest BCUT2D eigenvalue weighted by Gasteiger charge is 2.16. The van der Waals surface area contributed by atoms with E-state index in [1.807, 2.05) is 0 Å². The van der Waals surface area contributed by atoms with Gasteiger partial charge >= 0.3 is 0 Å². The predicted molar refractivity (Wildman–Crippen MR) is 119 cm³/mol. The second-order valence-corrected chi connectivity index (χ2v) is 8.15. The minimum absolute atomic E-state index is 0.117. The standard InChI is InChI=1S/C25H33F3N2O/c26-22-12-11-20(19-21(22)25-23(27)9-8-10-24(25)28)31-18-7-5-3-1-2-4-6-15-30-16-13-29-14-17-30/h8-12,19,29H,1-7,13-18H2. The van der Waals surface area contributed by atoms with Crippen LogP contribution in [-0.2, 0) is 0 Å². The molecule has 0 bridgehead atoms. The van der Waals surface area contributed by atoms with Crippen molar-refractivity contribution in [3.05, 3.63) is 53.8 Å². The lowest BCUT2D eigenvalue weighted by atomic mass is 10.0. The summed E-state index contributed by atoms with van der Waals surface area (Å²) in [5, 5.41) is 3.38. The molecule has 6 heteroatoms. The third-order valence-electron chi connectivity index (χ3n) is 5.77. The van der Waals surface area contributed by atoms with Crippen LogP contribution in [0.5, 0.6) is 5.75 Å². The van der Waals surface area contributed by atoms with Crippen LogP contribution in [0.15, 0.2) is 36.4 Å². The molecule has 0 saturated carbocycles. The Kier molecular flexibility index (Phi) is 9.69. The van der Waals surface area contributed by atoms with Crippen LogP contribution in [0, 0.1) is 17.5 Å². The number of ether oxygens (including phenoxy) is 1. The van der Waals surface area contributed by atoms with Gasteiger partial charge in [-0.2, -0.15) is 0 Å². The Morgan fingerprint density at radius 3 is 2.13 bits per heavy atom. The molecule has 1 heterocycles. The lowest BCUT2D eigenvalue weighted by molar-refractivity contribution is 0.236. The first-order chi connectivity index (χ1) is 15.1. The summed E-state index contributed by atoms with van der Waals surface area (Å²) >= 11 is 0. The first kappa shape index (κ1) is 23.6. The number of piperazine rings is 1. The van der Waals surface area contributed by atoms with Crippen LogP contribution >= 0.6 is 0 Å². The Morgan fingerprint density at radius 1 is 0.774 bits per heavy atom. The normalized spacial score (nSPS) is 14.7. The summed E-state index contributed by atoms with van der Waals surface area (Å²) in [5.74, 6) is -1.83. The number of unbranched alkanes of at least 4 members (excludes halogenated alkanes) is 6. The summed E-state index contributed by atoms with van der Waals surface area (Å²) in [5.41, 5.74) is -0.476. The molecule has 0 spiro atoms. The van der Waals surface area contributed by atoms with Gasteiger partial charge in [0, 0.05) is 31.7 Å². The highest BCUT2D eigenvalue weighted by molar-refractivity contribution is 5.67. The molecule has 2 aromatic rings. The molecular weight excluding hydrogens is 401 g/mol. The number of benzene rings is 2. The van der Waals surface area contributed by atoms with E-state index in [0.29, 0.717) is 12.4 Å². The third kappa shape index (κ3) is 7.54. The van der Waals surface area contributed by atoms with Gasteiger partial charge in [-0.3, -0.25) is 0 Å². The van der Waals surface area contributed by atoms with E-state index >= 15 is 0 Å². The van der Waals surface area contributed by atoms with E-state index < -0.39 is 17.5 Å². The van der Waals surface area contributed by atoms with Gasteiger partial charge in [-0.15, -0.1) is 0 Å². The minimum Gasteiger partial charge on any atom is -0.494 e. The number of hydrogen-bond donors (Lipinski definition) is 1. The maximum Gasteiger partial charge on any atom is 0.134 e. The van der Waals surface area contributed by atoms with E-state index in [1.165, 1.54) is 76.0 Å². The van der Waals surface area contributed by atoms with Crippen LogP contribution in [0.2, 0.25) is 0 Å². The molecule has 2 aromatic carbocycles. The van der Waals surface area contributed by atoms with Crippen molar-refractivity contribution in [3.8, 4) is 16.9 Å². The molecule has 0 amide bonds. The van der Waals surface area contributed by atoms with Crippen molar-refractivity contribution in [2.24, 2.45) is 0 Å². The Bertz CT molecular complexity index is 789. The zero-order chi connectivity index (χ0) is 21.9. The van der Waals surface area contributed by atoms with Crippen molar-refractivity contribution in [1.29, 1.82) is 0 Å². The molecule has 170 valence electrons. The molecule has 1 saturated heterocycles. The number of halogens is 3. The molecular formula is C25H33F3N2O. The van der Waals surface area contributed by atoms with Gasteiger partial charge in [0.1, 0.15) is 23.2 Å². The summed E-state index contributed by atoms with van der Waals surface area (Å²) in [4.78, 5) is 2.54. The van der Waals surface area contributed by atoms with Crippen molar-refractivity contribution >= 4 is 0 Å². The highest BCUT2D eigenvalue weighted by atomic mass is 19.1. The highest BCUT2D eigenvalue weighted by Crippen LogP contribution is 2.31. The molecule has 3 nitrogen and oxygen atoms in total. The summed E-state index contributed by atoms with van der Waals surface area (Å²) in [6.07, 6.45) is 8.21. The monoisotopic (exact) mass is 434 g/mol.